The molecule has 2 aromatic rings. The van der Waals surface area contributed by atoms with Crippen molar-refractivity contribution in [2.24, 2.45) is 5.73 Å². The first-order valence-electron chi connectivity index (χ1n) is 7.41. The maximum Gasteiger partial charge on any atom is 0.195 e. The zero-order valence-corrected chi connectivity index (χ0v) is 12.3. The summed E-state index contributed by atoms with van der Waals surface area (Å²) in [4.78, 5) is 8.42. The van der Waals surface area contributed by atoms with E-state index in [9.17, 15) is 0 Å². The fraction of sp³-hybridized carbons (Fsp3) is 0.643. The van der Waals surface area contributed by atoms with Crippen LogP contribution in [0, 0.1) is 0 Å². The van der Waals surface area contributed by atoms with Crippen LogP contribution >= 0.6 is 11.3 Å². The maximum atomic E-state index is 5.91. The number of nitrogens with zero attached hydrogens (tertiary/aromatic N) is 3. The van der Waals surface area contributed by atoms with Gasteiger partial charge in [0.1, 0.15) is 0 Å². The molecule has 0 spiro atoms. The highest BCUT2D eigenvalue weighted by molar-refractivity contribution is 7.15. The zero-order valence-electron chi connectivity index (χ0n) is 11.5. The zero-order chi connectivity index (χ0) is 13.5. The van der Waals surface area contributed by atoms with Crippen LogP contribution in [0.15, 0.2) is 11.6 Å². The molecule has 2 aliphatic rings. The molecule has 0 amide bonds. The standard InChI is InChI=1S/C14H20N4OS/c15-5-4-11-13(16-14-18(11)7-9-20-14)17-6-8-19-12-3-1-2-10(12)17/h7,9-10,12H,1-6,8,15H2. The minimum atomic E-state index is 0.397. The van der Waals surface area contributed by atoms with Crippen molar-refractivity contribution in [3.63, 3.8) is 0 Å². The van der Waals surface area contributed by atoms with Crippen LogP contribution in [0.25, 0.3) is 4.96 Å². The summed E-state index contributed by atoms with van der Waals surface area (Å²) < 4.78 is 8.11. The first kappa shape index (κ1) is 12.6. The minimum absolute atomic E-state index is 0.397. The molecule has 1 aliphatic heterocycles. The van der Waals surface area contributed by atoms with Gasteiger partial charge in [-0.1, -0.05) is 0 Å². The van der Waals surface area contributed by atoms with Crippen molar-refractivity contribution in [1.82, 2.24) is 9.38 Å². The van der Waals surface area contributed by atoms with Gasteiger partial charge in [-0.15, -0.1) is 11.3 Å². The van der Waals surface area contributed by atoms with Gasteiger partial charge in [-0.2, -0.15) is 0 Å². The number of nitrogens with two attached hydrogens (primary N) is 1. The molecule has 20 heavy (non-hydrogen) atoms. The van der Waals surface area contributed by atoms with E-state index in [0.717, 1.165) is 30.4 Å². The Hall–Kier alpha value is -1.11. The number of fused-ring (bicyclic) bond motifs is 2. The SMILES string of the molecule is NCCc1c(N2CCOC3CCCC32)nc2sccn12. The highest BCUT2D eigenvalue weighted by Gasteiger charge is 2.38. The highest BCUT2D eigenvalue weighted by Crippen LogP contribution is 2.35. The molecule has 0 aromatic carbocycles. The van der Waals surface area contributed by atoms with Crippen LogP contribution in [0.2, 0.25) is 0 Å². The average molecular weight is 292 g/mol. The van der Waals surface area contributed by atoms with Gasteiger partial charge in [0.15, 0.2) is 10.8 Å². The van der Waals surface area contributed by atoms with Crippen LogP contribution in [0.4, 0.5) is 5.82 Å². The van der Waals surface area contributed by atoms with Gasteiger partial charge in [-0.3, -0.25) is 4.40 Å². The molecule has 0 bridgehead atoms. The lowest BCUT2D eigenvalue weighted by atomic mass is 10.1. The second-order valence-corrected chi connectivity index (χ2v) is 6.45. The van der Waals surface area contributed by atoms with Crippen molar-refractivity contribution < 1.29 is 4.74 Å². The summed E-state index contributed by atoms with van der Waals surface area (Å²) in [7, 11) is 0. The van der Waals surface area contributed by atoms with Crippen molar-refractivity contribution in [2.75, 3.05) is 24.6 Å². The van der Waals surface area contributed by atoms with Crippen molar-refractivity contribution in [3.05, 3.63) is 17.3 Å². The second-order valence-electron chi connectivity index (χ2n) is 5.58. The summed E-state index contributed by atoms with van der Waals surface area (Å²) in [5.74, 6) is 1.14. The van der Waals surface area contributed by atoms with Gasteiger partial charge < -0.3 is 15.4 Å². The molecule has 2 fully saturated rings. The van der Waals surface area contributed by atoms with E-state index in [4.69, 9.17) is 15.5 Å². The lowest BCUT2D eigenvalue weighted by molar-refractivity contribution is 0.0253. The number of hydrogen-bond acceptors (Lipinski definition) is 5. The average Bonchev–Trinajstić information content (AvgIpc) is 3.14. The molecule has 1 saturated heterocycles. The molecule has 1 saturated carbocycles. The Kier molecular flexibility index (Phi) is 3.17. The first-order valence-corrected chi connectivity index (χ1v) is 8.29. The lowest BCUT2D eigenvalue weighted by Crippen LogP contribution is -2.49. The van der Waals surface area contributed by atoms with Crippen molar-refractivity contribution in [1.29, 1.82) is 0 Å². The third-order valence-corrected chi connectivity index (χ3v) is 5.23. The Morgan fingerprint density at radius 3 is 3.30 bits per heavy atom. The Balaban J connectivity index is 1.76. The minimum Gasteiger partial charge on any atom is -0.374 e. The third-order valence-electron chi connectivity index (χ3n) is 4.48. The number of thiazole rings is 1. The molecule has 108 valence electrons. The van der Waals surface area contributed by atoms with Gasteiger partial charge in [0.2, 0.25) is 0 Å². The number of hydrogen-bond donors (Lipinski definition) is 1. The van der Waals surface area contributed by atoms with E-state index < -0.39 is 0 Å². The van der Waals surface area contributed by atoms with E-state index >= 15 is 0 Å². The van der Waals surface area contributed by atoms with Gasteiger partial charge in [0.25, 0.3) is 0 Å². The van der Waals surface area contributed by atoms with Crippen LogP contribution in [0.1, 0.15) is 25.0 Å². The van der Waals surface area contributed by atoms with Crippen LogP contribution in [0.5, 0.6) is 0 Å². The van der Waals surface area contributed by atoms with Crippen LogP contribution < -0.4 is 10.6 Å². The highest BCUT2D eigenvalue weighted by atomic mass is 32.1. The molecular formula is C14H20N4OS. The number of rotatable bonds is 3. The van der Waals surface area contributed by atoms with Crippen LogP contribution in [0.3, 0.4) is 0 Å². The Morgan fingerprint density at radius 1 is 1.45 bits per heavy atom. The Labute approximate surface area is 122 Å². The first-order chi connectivity index (χ1) is 9.88. The predicted molar refractivity (Wildman–Crippen MR) is 80.6 cm³/mol. The molecule has 2 aromatic heterocycles. The van der Waals surface area contributed by atoms with Gasteiger partial charge in [-0.25, -0.2) is 4.98 Å². The number of anilines is 1. The predicted octanol–water partition coefficient (Wildman–Crippen LogP) is 1.65. The molecule has 4 rings (SSSR count). The van der Waals surface area contributed by atoms with Crippen molar-refractivity contribution in [2.45, 2.75) is 37.8 Å². The summed E-state index contributed by atoms with van der Waals surface area (Å²) in [5.41, 5.74) is 7.06. The van der Waals surface area contributed by atoms with Gasteiger partial charge >= 0.3 is 0 Å². The van der Waals surface area contributed by atoms with E-state index in [2.05, 4.69) is 20.9 Å². The normalized spacial score (nSPS) is 26.4. The second kappa shape index (κ2) is 5.02. The maximum absolute atomic E-state index is 5.91. The summed E-state index contributed by atoms with van der Waals surface area (Å²) in [6, 6.07) is 0.505. The molecule has 0 radical (unpaired) electrons. The molecule has 1 aliphatic carbocycles. The van der Waals surface area contributed by atoms with Crippen LogP contribution in [-0.4, -0.2) is 41.2 Å². The molecule has 3 heterocycles. The molecule has 6 heteroatoms. The monoisotopic (exact) mass is 292 g/mol. The number of ether oxygens (including phenoxy) is 1. The fourth-order valence-electron chi connectivity index (χ4n) is 3.61. The Morgan fingerprint density at radius 2 is 2.40 bits per heavy atom. The van der Waals surface area contributed by atoms with Gasteiger partial charge in [0, 0.05) is 24.5 Å². The quantitative estimate of drug-likeness (QED) is 0.934. The van der Waals surface area contributed by atoms with Gasteiger partial charge in [0.05, 0.1) is 24.4 Å². The van der Waals surface area contributed by atoms with E-state index in [0.29, 0.717) is 18.7 Å². The Bertz CT molecular complexity index is 607. The molecule has 2 N–H and O–H groups in total. The molecule has 5 nitrogen and oxygen atoms in total. The lowest BCUT2D eigenvalue weighted by Gasteiger charge is -2.38. The van der Waals surface area contributed by atoms with Crippen LogP contribution in [-0.2, 0) is 11.2 Å². The third kappa shape index (κ3) is 1.86. The summed E-state index contributed by atoms with van der Waals surface area (Å²) in [6.45, 7) is 2.42. The van der Waals surface area contributed by atoms with E-state index in [1.165, 1.54) is 25.0 Å². The largest absolute Gasteiger partial charge is 0.374 e. The van der Waals surface area contributed by atoms with E-state index in [1.807, 2.05) is 0 Å². The van der Waals surface area contributed by atoms with E-state index in [1.54, 1.807) is 11.3 Å². The van der Waals surface area contributed by atoms with Crippen molar-refractivity contribution >= 4 is 22.1 Å². The number of imidazole rings is 1. The topological polar surface area (TPSA) is 55.8 Å². The number of aromatic nitrogens is 2. The molecular weight excluding hydrogens is 272 g/mol. The van der Waals surface area contributed by atoms with E-state index in [-0.39, 0.29) is 0 Å². The summed E-state index contributed by atoms with van der Waals surface area (Å²) in [5, 5.41) is 2.09. The van der Waals surface area contributed by atoms with Crippen molar-refractivity contribution in [3.8, 4) is 0 Å². The fourth-order valence-corrected chi connectivity index (χ4v) is 4.34. The molecule has 2 atom stereocenters. The number of morpholine rings is 1. The summed E-state index contributed by atoms with van der Waals surface area (Å²) in [6.07, 6.45) is 7.05. The van der Waals surface area contributed by atoms with Gasteiger partial charge in [-0.05, 0) is 25.8 Å². The molecule has 2 unspecified atom stereocenters. The summed E-state index contributed by atoms with van der Waals surface area (Å²) >= 11 is 1.69. The smallest absolute Gasteiger partial charge is 0.195 e.